The van der Waals surface area contributed by atoms with Gasteiger partial charge in [0.15, 0.2) is 5.82 Å². The monoisotopic (exact) mass is 400 g/mol. The van der Waals surface area contributed by atoms with E-state index in [0.717, 1.165) is 48.0 Å². The molecule has 7 nitrogen and oxygen atoms in total. The summed E-state index contributed by atoms with van der Waals surface area (Å²) in [6.45, 7) is 4.44. The number of aromatic nitrogens is 5. The highest BCUT2D eigenvalue weighted by Crippen LogP contribution is 2.30. The number of nitrogens with one attached hydrogen (secondary N) is 1. The first kappa shape index (κ1) is 18.7. The van der Waals surface area contributed by atoms with Crippen LogP contribution in [0.2, 0.25) is 0 Å². The molecule has 1 aliphatic rings. The van der Waals surface area contributed by atoms with Crippen LogP contribution >= 0.6 is 0 Å². The first-order valence-electron chi connectivity index (χ1n) is 10.4. The van der Waals surface area contributed by atoms with Gasteiger partial charge in [0.2, 0.25) is 0 Å². The van der Waals surface area contributed by atoms with Crippen molar-refractivity contribution in [1.82, 2.24) is 30.1 Å². The van der Waals surface area contributed by atoms with E-state index in [0.29, 0.717) is 17.9 Å². The number of H-pyrrole nitrogens is 1. The number of likely N-dealkylation sites (tertiary alicyclic amines) is 1. The number of nitrogens with zero attached hydrogens (tertiary/aromatic N) is 5. The summed E-state index contributed by atoms with van der Waals surface area (Å²) >= 11 is 0. The van der Waals surface area contributed by atoms with Crippen LogP contribution in [-0.2, 0) is 6.54 Å². The fraction of sp³-hybridized carbons (Fsp3) is 0.304. The van der Waals surface area contributed by atoms with Crippen LogP contribution in [0.25, 0.3) is 10.9 Å². The van der Waals surface area contributed by atoms with Crippen LogP contribution in [0.3, 0.4) is 0 Å². The molecule has 2 aromatic carbocycles. The Morgan fingerprint density at radius 2 is 1.87 bits per heavy atom. The summed E-state index contributed by atoms with van der Waals surface area (Å²) in [4.78, 5) is 18.5. The number of hydrogen-bond acceptors (Lipinski definition) is 5. The summed E-state index contributed by atoms with van der Waals surface area (Å²) in [6.07, 6.45) is 2.23. The molecule has 152 valence electrons. The van der Waals surface area contributed by atoms with Crippen LogP contribution in [-0.4, -0.2) is 43.2 Å². The Hall–Kier alpha value is -3.32. The van der Waals surface area contributed by atoms with Crippen LogP contribution in [0, 0.1) is 6.92 Å². The van der Waals surface area contributed by atoms with E-state index >= 15 is 0 Å². The van der Waals surface area contributed by atoms with E-state index in [1.165, 1.54) is 0 Å². The van der Waals surface area contributed by atoms with Gasteiger partial charge in [-0.2, -0.15) is 0 Å². The number of benzene rings is 2. The molecular formula is C23H24N6O. The van der Waals surface area contributed by atoms with Crippen molar-refractivity contribution in [2.75, 3.05) is 13.1 Å². The van der Waals surface area contributed by atoms with Crippen molar-refractivity contribution in [2.45, 2.75) is 32.4 Å². The second-order valence-corrected chi connectivity index (χ2v) is 7.97. The van der Waals surface area contributed by atoms with Gasteiger partial charge < -0.3 is 4.98 Å². The number of rotatable bonds is 5. The van der Waals surface area contributed by atoms with Gasteiger partial charge in [0.25, 0.3) is 5.56 Å². The molecule has 1 N–H and O–H groups in total. The molecule has 4 aromatic rings. The van der Waals surface area contributed by atoms with Crippen LogP contribution in [0.1, 0.15) is 41.4 Å². The molecule has 5 rings (SSSR count). The number of fused-ring (bicyclic) bond motifs is 1. The smallest absolute Gasteiger partial charge is 0.253 e. The third kappa shape index (κ3) is 3.52. The zero-order valence-electron chi connectivity index (χ0n) is 17.0. The predicted octanol–water partition coefficient (Wildman–Crippen LogP) is 3.06. The Balaban J connectivity index is 1.62. The van der Waals surface area contributed by atoms with Crippen molar-refractivity contribution in [1.29, 1.82) is 0 Å². The maximum absolute atomic E-state index is 13.1. The van der Waals surface area contributed by atoms with Crippen molar-refractivity contribution in [3.63, 3.8) is 0 Å². The Kier molecular flexibility index (Phi) is 4.88. The maximum Gasteiger partial charge on any atom is 0.253 e. The number of aromatic amines is 1. The molecule has 0 radical (unpaired) electrons. The SMILES string of the molecule is Cc1ccc2cc([C@H](c3nnnn3Cc3ccccc3)N3CCCC3)c(=O)[nH]c2c1. The highest BCUT2D eigenvalue weighted by atomic mass is 16.1. The Labute approximate surface area is 174 Å². The topological polar surface area (TPSA) is 79.7 Å². The minimum Gasteiger partial charge on any atom is -0.322 e. The molecule has 2 aromatic heterocycles. The van der Waals surface area contributed by atoms with Gasteiger partial charge in [-0.05, 0) is 71.9 Å². The first-order chi connectivity index (χ1) is 14.7. The van der Waals surface area contributed by atoms with Gasteiger partial charge in [-0.1, -0.05) is 42.5 Å². The number of pyridine rings is 1. The fourth-order valence-electron chi connectivity index (χ4n) is 4.31. The van der Waals surface area contributed by atoms with E-state index in [1.54, 1.807) is 0 Å². The molecule has 0 amide bonds. The predicted molar refractivity (Wildman–Crippen MR) is 115 cm³/mol. The molecule has 0 aliphatic carbocycles. The Morgan fingerprint density at radius 3 is 2.67 bits per heavy atom. The zero-order chi connectivity index (χ0) is 20.5. The zero-order valence-corrected chi connectivity index (χ0v) is 17.0. The molecule has 3 heterocycles. The summed E-state index contributed by atoms with van der Waals surface area (Å²) in [6, 6.07) is 18.0. The van der Waals surface area contributed by atoms with E-state index in [-0.39, 0.29) is 11.6 Å². The summed E-state index contributed by atoms with van der Waals surface area (Å²) in [5.41, 5.74) is 3.70. The Morgan fingerprint density at radius 1 is 1.07 bits per heavy atom. The van der Waals surface area contributed by atoms with E-state index in [1.807, 2.05) is 41.9 Å². The van der Waals surface area contributed by atoms with E-state index in [2.05, 4.69) is 49.7 Å². The van der Waals surface area contributed by atoms with E-state index < -0.39 is 0 Å². The lowest BCUT2D eigenvalue weighted by atomic mass is 10.0. The molecule has 1 fully saturated rings. The van der Waals surface area contributed by atoms with Crippen LogP contribution < -0.4 is 5.56 Å². The van der Waals surface area contributed by atoms with Crippen LogP contribution in [0.15, 0.2) is 59.4 Å². The number of aryl methyl sites for hydroxylation is 1. The molecule has 1 aliphatic heterocycles. The van der Waals surface area contributed by atoms with Crippen molar-refractivity contribution in [3.05, 3.63) is 87.5 Å². The second kappa shape index (κ2) is 7.84. The highest BCUT2D eigenvalue weighted by Gasteiger charge is 2.32. The third-order valence-corrected chi connectivity index (χ3v) is 5.81. The molecule has 1 atom stereocenters. The van der Waals surface area contributed by atoms with Gasteiger partial charge >= 0.3 is 0 Å². The highest BCUT2D eigenvalue weighted by molar-refractivity contribution is 5.79. The van der Waals surface area contributed by atoms with Crippen molar-refractivity contribution >= 4 is 10.9 Å². The van der Waals surface area contributed by atoms with E-state index in [4.69, 9.17) is 0 Å². The largest absolute Gasteiger partial charge is 0.322 e. The molecular weight excluding hydrogens is 376 g/mol. The average Bonchev–Trinajstić information content (AvgIpc) is 3.43. The summed E-state index contributed by atoms with van der Waals surface area (Å²) in [7, 11) is 0. The fourth-order valence-corrected chi connectivity index (χ4v) is 4.31. The molecule has 1 saturated heterocycles. The molecule has 0 bridgehead atoms. The minimum atomic E-state index is -0.277. The first-order valence-corrected chi connectivity index (χ1v) is 10.4. The summed E-state index contributed by atoms with van der Waals surface area (Å²) in [5, 5.41) is 13.6. The summed E-state index contributed by atoms with van der Waals surface area (Å²) < 4.78 is 1.82. The van der Waals surface area contributed by atoms with Gasteiger partial charge in [-0.3, -0.25) is 9.69 Å². The van der Waals surface area contributed by atoms with Crippen LogP contribution in [0.4, 0.5) is 0 Å². The lowest BCUT2D eigenvalue weighted by Gasteiger charge is -2.26. The van der Waals surface area contributed by atoms with Gasteiger partial charge in [0.1, 0.15) is 6.04 Å². The van der Waals surface area contributed by atoms with Crippen LogP contribution in [0.5, 0.6) is 0 Å². The third-order valence-electron chi connectivity index (χ3n) is 5.81. The quantitative estimate of drug-likeness (QED) is 0.557. The standard InChI is InChI=1S/C23H24N6O/c1-16-9-10-18-14-19(23(30)24-20(18)13-16)21(28-11-5-6-12-28)22-25-26-27-29(22)15-17-7-3-2-4-8-17/h2-4,7-10,13-14,21H,5-6,11-12,15H2,1H3,(H,24,30)/t21-/m1/s1. The van der Waals surface area contributed by atoms with E-state index in [9.17, 15) is 4.79 Å². The van der Waals surface area contributed by atoms with Crippen molar-refractivity contribution in [2.24, 2.45) is 0 Å². The van der Waals surface area contributed by atoms with Gasteiger partial charge in [-0.15, -0.1) is 5.10 Å². The molecule has 0 spiro atoms. The number of hydrogen-bond donors (Lipinski definition) is 1. The van der Waals surface area contributed by atoms with Gasteiger partial charge in [0.05, 0.1) is 6.54 Å². The minimum absolute atomic E-state index is 0.0840. The van der Waals surface area contributed by atoms with Crippen molar-refractivity contribution < 1.29 is 0 Å². The molecule has 7 heteroatoms. The normalized spacial score (nSPS) is 15.6. The molecule has 0 saturated carbocycles. The molecule has 0 unspecified atom stereocenters. The lowest BCUT2D eigenvalue weighted by molar-refractivity contribution is 0.263. The van der Waals surface area contributed by atoms with Gasteiger partial charge in [-0.25, -0.2) is 4.68 Å². The summed E-state index contributed by atoms with van der Waals surface area (Å²) in [5.74, 6) is 0.706. The van der Waals surface area contributed by atoms with Gasteiger partial charge in [0, 0.05) is 11.1 Å². The Bertz CT molecular complexity index is 1220. The second-order valence-electron chi connectivity index (χ2n) is 7.97. The van der Waals surface area contributed by atoms with Crippen molar-refractivity contribution in [3.8, 4) is 0 Å². The lowest BCUT2D eigenvalue weighted by Crippen LogP contribution is -2.33. The maximum atomic E-state index is 13.1. The number of tetrazole rings is 1. The average molecular weight is 400 g/mol. The molecule has 30 heavy (non-hydrogen) atoms.